The highest BCUT2D eigenvalue weighted by Gasteiger charge is 2.17. The van der Waals surface area contributed by atoms with Crippen LogP contribution in [0.15, 0.2) is 24.5 Å². The van der Waals surface area contributed by atoms with Crippen molar-refractivity contribution in [1.29, 1.82) is 0 Å². The fourth-order valence-electron chi connectivity index (χ4n) is 3.38. The number of carbonyl (C=O) groups is 2. The first-order valence-corrected chi connectivity index (χ1v) is 9.94. The minimum absolute atomic E-state index is 0.175. The van der Waals surface area contributed by atoms with Crippen LogP contribution >= 0.6 is 0 Å². The molecule has 2 aromatic heterocycles. The summed E-state index contributed by atoms with van der Waals surface area (Å²) in [5.41, 5.74) is 2.31. The maximum Gasteiger partial charge on any atom is 0.272 e. The van der Waals surface area contributed by atoms with Gasteiger partial charge < -0.3 is 34.6 Å². The lowest BCUT2D eigenvalue weighted by molar-refractivity contribution is 0.0383. The van der Waals surface area contributed by atoms with Gasteiger partial charge in [0.05, 0.1) is 24.6 Å². The summed E-state index contributed by atoms with van der Waals surface area (Å²) in [5.74, 6) is -0.454. The Balaban J connectivity index is 1.59. The third-order valence-electron chi connectivity index (χ3n) is 5.00. The molecule has 164 valence electrons. The zero-order valence-corrected chi connectivity index (χ0v) is 17.7. The molecule has 0 bridgehead atoms. The SMILES string of the molecule is CNc1cc(C(=O)Nc2cc(C(=O)NCCN3CCOCC3)n(C)c2)n(COC)c1. The topological polar surface area (TPSA) is 102 Å². The van der Waals surface area contributed by atoms with Crippen molar-refractivity contribution in [2.45, 2.75) is 6.73 Å². The Morgan fingerprint density at radius 1 is 1.10 bits per heavy atom. The number of methoxy groups -OCH3 is 1. The summed E-state index contributed by atoms with van der Waals surface area (Å²) in [6.07, 6.45) is 3.52. The summed E-state index contributed by atoms with van der Waals surface area (Å²) in [6.45, 7) is 4.84. The van der Waals surface area contributed by atoms with E-state index in [0.717, 1.165) is 38.5 Å². The lowest BCUT2D eigenvalue weighted by atomic mass is 10.3. The highest BCUT2D eigenvalue weighted by atomic mass is 16.5. The monoisotopic (exact) mass is 418 g/mol. The molecule has 3 heterocycles. The number of aromatic nitrogens is 2. The van der Waals surface area contributed by atoms with E-state index in [2.05, 4.69) is 20.9 Å². The molecular weight excluding hydrogens is 388 g/mol. The quantitative estimate of drug-likeness (QED) is 0.557. The van der Waals surface area contributed by atoms with Crippen LogP contribution in [0, 0.1) is 0 Å². The van der Waals surface area contributed by atoms with E-state index < -0.39 is 0 Å². The van der Waals surface area contributed by atoms with Crippen LogP contribution in [-0.4, -0.2) is 79.4 Å². The Morgan fingerprint density at radius 3 is 2.53 bits per heavy atom. The molecule has 1 fully saturated rings. The van der Waals surface area contributed by atoms with Crippen LogP contribution in [-0.2, 0) is 23.3 Å². The zero-order chi connectivity index (χ0) is 21.5. The van der Waals surface area contributed by atoms with E-state index in [1.54, 1.807) is 54.9 Å². The number of nitrogens with one attached hydrogen (secondary N) is 3. The summed E-state index contributed by atoms with van der Waals surface area (Å²) in [7, 11) is 5.14. The fraction of sp³-hybridized carbons (Fsp3) is 0.500. The Morgan fingerprint density at radius 2 is 1.83 bits per heavy atom. The van der Waals surface area contributed by atoms with Gasteiger partial charge in [-0.1, -0.05) is 0 Å². The second-order valence-electron chi connectivity index (χ2n) is 7.14. The Hall–Kier alpha value is -2.82. The predicted octanol–water partition coefficient (Wildman–Crippen LogP) is 0.787. The molecule has 0 aliphatic carbocycles. The average Bonchev–Trinajstić information content (AvgIpc) is 3.32. The van der Waals surface area contributed by atoms with Crippen LogP contribution in [0.3, 0.4) is 0 Å². The highest BCUT2D eigenvalue weighted by Crippen LogP contribution is 2.18. The third kappa shape index (κ3) is 5.41. The Bertz CT molecular complexity index is 869. The lowest BCUT2D eigenvalue weighted by Crippen LogP contribution is -2.41. The van der Waals surface area contributed by atoms with Crippen molar-refractivity contribution in [3.63, 3.8) is 0 Å². The van der Waals surface area contributed by atoms with E-state index in [-0.39, 0.29) is 18.5 Å². The van der Waals surface area contributed by atoms with Crippen molar-refractivity contribution in [1.82, 2.24) is 19.4 Å². The summed E-state index contributed by atoms with van der Waals surface area (Å²) in [6, 6.07) is 3.42. The van der Waals surface area contributed by atoms with Crippen molar-refractivity contribution >= 4 is 23.2 Å². The second kappa shape index (κ2) is 10.3. The number of nitrogens with zero attached hydrogens (tertiary/aromatic N) is 3. The minimum Gasteiger partial charge on any atom is -0.387 e. The molecule has 2 amide bonds. The molecule has 0 spiro atoms. The number of anilines is 2. The van der Waals surface area contributed by atoms with Gasteiger partial charge in [-0.2, -0.15) is 0 Å². The molecule has 0 radical (unpaired) electrons. The van der Waals surface area contributed by atoms with Gasteiger partial charge in [0.15, 0.2) is 0 Å². The van der Waals surface area contributed by atoms with Crippen molar-refractivity contribution in [2.24, 2.45) is 7.05 Å². The van der Waals surface area contributed by atoms with Crippen LogP contribution in [0.25, 0.3) is 0 Å². The van der Waals surface area contributed by atoms with E-state index in [1.165, 1.54) is 0 Å². The van der Waals surface area contributed by atoms with E-state index in [0.29, 0.717) is 23.6 Å². The van der Waals surface area contributed by atoms with E-state index in [4.69, 9.17) is 9.47 Å². The average molecular weight is 418 g/mol. The maximum absolute atomic E-state index is 12.7. The Labute approximate surface area is 176 Å². The molecule has 0 atom stereocenters. The van der Waals surface area contributed by atoms with Gasteiger partial charge in [-0.25, -0.2) is 0 Å². The van der Waals surface area contributed by atoms with Gasteiger partial charge in [-0.3, -0.25) is 14.5 Å². The van der Waals surface area contributed by atoms with Gasteiger partial charge >= 0.3 is 0 Å². The summed E-state index contributed by atoms with van der Waals surface area (Å²) < 4.78 is 13.9. The normalized spacial score (nSPS) is 14.5. The van der Waals surface area contributed by atoms with Crippen molar-refractivity contribution in [3.05, 3.63) is 35.9 Å². The lowest BCUT2D eigenvalue weighted by Gasteiger charge is -2.26. The van der Waals surface area contributed by atoms with Gasteiger partial charge in [-0.15, -0.1) is 0 Å². The number of hydrogen-bond donors (Lipinski definition) is 3. The third-order valence-corrected chi connectivity index (χ3v) is 5.00. The summed E-state index contributed by atoms with van der Waals surface area (Å²) >= 11 is 0. The van der Waals surface area contributed by atoms with Crippen LogP contribution in [0.1, 0.15) is 21.0 Å². The standard InChI is InChI=1S/C20H30N6O4/c1-21-15-10-18(26(13-15)14-29-3)20(28)23-16-11-17(24(2)12-16)19(27)22-4-5-25-6-8-30-9-7-25/h10-13,21H,4-9,14H2,1-3H3,(H,22,27)(H,23,28). The van der Waals surface area contributed by atoms with Crippen LogP contribution in [0.4, 0.5) is 11.4 Å². The largest absolute Gasteiger partial charge is 0.387 e. The molecule has 1 aliphatic rings. The number of hydrogen-bond acceptors (Lipinski definition) is 6. The smallest absolute Gasteiger partial charge is 0.272 e. The molecule has 3 rings (SSSR count). The van der Waals surface area contributed by atoms with Gasteiger partial charge in [-0.05, 0) is 12.1 Å². The molecule has 30 heavy (non-hydrogen) atoms. The van der Waals surface area contributed by atoms with Crippen molar-refractivity contribution < 1.29 is 19.1 Å². The number of carbonyl (C=O) groups excluding carboxylic acids is 2. The number of amides is 2. The molecule has 10 nitrogen and oxygen atoms in total. The van der Waals surface area contributed by atoms with Crippen LogP contribution in [0.5, 0.6) is 0 Å². The first kappa shape index (κ1) is 21.9. The summed E-state index contributed by atoms with van der Waals surface area (Å²) in [4.78, 5) is 27.5. The molecule has 0 saturated carbocycles. The number of aryl methyl sites for hydroxylation is 1. The number of rotatable bonds is 9. The molecule has 2 aromatic rings. The molecule has 10 heteroatoms. The minimum atomic E-state index is -0.279. The first-order chi connectivity index (χ1) is 14.5. The highest BCUT2D eigenvalue weighted by molar-refractivity contribution is 6.04. The van der Waals surface area contributed by atoms with Gasteiger partial charge in [0.1, 0.15) is 18.1 Å². The van der Waals surface area contributed by atoms with Crippen molar-refractivity contribution in [3.8, 4) is 0 Å². The molecule has 3 N–H and O–H groups in total. The van der Waals surface area contributed by atoms with E-state index >= 15 is 0 Å². The first-order valence-electron chi connectivity index (χ1n) is 9.94. The van der Waals surface area contributed by atoms with Gasteiger partial charge in [0.25, 0.3) is 11.8 Å². The second-order valence-corrected chi connectivity index (χ2v) is 7.14. The van der Waals surface area contributed by atoms with E-state index in [9.17, 15) is 9.59 Å². The molecule has 0 unspecified atom stereocenters. The number of morpholine rings is 1. The van der Waals surface area contributed by atoms with E-state index in [1.807, 2.05) is 0 Å². The van der Waals surface area contributed by atoms with Crippen LogP contribution < -0.4 is 16.0 Å². The predicted molar refractivity (Wildman–Crippen MR) is 114 cm³/mol. The van der Waals surface area contributed by atoms with Crippen molar-refractivity contribution in [2.75, 3.05) is 64.2 Å². The fourth-order valence-corrected chi connectivity index (χ4v) is 3.38. The van der Waals surface area contributed by atoms with Gasteiger partial charge in [0.2, 0.25) is 0 Å². The maximum atomic E-state index is 12.7. The molecular formula is C20H30N6O4. The van der Waals surface area contributed by atoms with Gasteiger partial charge in [0, 0.05) is 59.8 Å². The Kier molecular flexibility index (Phi) is 7.50. The molecule has 1 saturated heterocycles. The zero-order valence-electron chi connectivity index (χ0n) is 17.7. The number of ether oxygens (including phenoxy) is 2. The van der Waals surface area contributed by atoms with Crippen LogP contribution in [0.2, 0.25) is 0 Å². The molecule has 1 aliphatic heterocycles. The molecule has 0 aromatic carbocycles. The summed E-state index contributed by atoms with van der Waals surface area (Å²) in [5, 5.41) is 8.80.